The van der Waals surface area contributed by atoms with Gasteiger partial charge in [0, 0.05) is 163 Å². The van der Waals surface area contributed by atoms with Gasteiger partial charge in [0.1, 0.15) is 11.6 Å². The molecule has 30 nitrogen and oxygen atoms in total. The van der Waals surface area contributed by atoms with Crippen LogP contribution in [0.3, 0.4) is 0 Å². The van der Waals surface area contributed by atoms with E-state index in [1.165, 1.54) is 19.6 Å². The lowest BCUT2D eigenvalue weighted by Gasteiger charge is -2.74. The number of amides is 8. The van der Waals surface area contributed by atoms with Crippen LogP contribution in [-0.4, -0.2) is 298 Å². The predicted molar refractivity (Wildman–Crippen MR) is 446 cm³/mol. The number of nitrogens with one attached hydrogen (secondary N) is 1. The van der Waals surface area contributed by atoms with Crippen LogP contribution in [0.25, 0.3) is 77.3 Å². The summed E-state index contributed by atoms with van der Waals surface area (Å²) in [5.74, 6) is -3.89. The molecule has 19 rings (SSSR count). The van der Waals surface area contributed by atoms with Gasteiger partial charge in [-0.05, 0) is 132 Å². The van der Waals surface area contributed by atoms with E-state index in [4.69, 9.17) is 30.4 Å². The fourth-order valence-corrected chi connectivity index (χ4v) is 19.4. The van der Waals surface area contributed by atoms with E-state index >= 15 is 14.4 Å². The van der Waals surface area contributed by atoms with E-state index in [1.54, 1.807) is 105 Å². The zero-order chi connectivity index (χ0) is 83.8. The van der Waals surface area contributed by atoms with Crippen LogP contribution in [0.15, 0.2) is 182 Å². The third-order valence-electron chi connectivity index (χ3n) is 26.4. The molecule has 8 amide bonds. The predicted octanol–water partition coefficient (Wildman–Crippen LogP) is 5.14. The van der Waals surface area contributed by atoms with Gasteiger partial charge in [-0.3, -0.25) is 52.8 Å². The first-order chi connectivity index (χ1) is 58.3. The SMILES string of the molecule is Cc1nn(C)c2ccc(-c3ccc(C(=O)N4CCN(C(=O)C5(N)COC5(c5ccccc5-c5ccc(C(=O)N6CCN(C(=O)C7(O)COC7)CC6)cc5)C5(C6OCC6(N)C(=O)N6CCN(C(=O)c7ccc(-c8n[nH]c9ccccc89)cc7)CC6)OCC5(O)C(=O)N5CCN(C(=O)c6ccc(-c7ccc8c(c7)c(C)nn8C)cc6)CC5)CC4)cc3)cc12. The van der Waals surface area contributed by atoms with Gasteiger partial charge in [-0.25, -0.2) is 0 Å². The van der Waals surface area contributed by atoms with Crippen molar-refractivity contribution in [2.75, 3.05) is 138 Å². The highest BCUT2D eigenvalue weighted by Gasteiger charge is 2.90. The first kappa shape index (κ1) is 78.5. The number of H-pyrrole nitrogens is 1. The molecule has 30 heteroatoms. The second kappa shape index (κ2) is 29.8. The van der Waals surface area contributed by atoms with Gasteiger partial charge in [0.15, 0.2) is 22.3 Å². The molecule has 0 bridgehead atoms. The van der Waals surface area contributed by atoms with Crippen molar-refractivity contribution in [1.29, 1.82) is 0 Å². The molecule has 6 atom stereocenters. The number of carbonyl (C=O) groups is 8. The van der Waals surface area contributed by atoms with Gasteiger partial charge in [0.05, 0.1) is 66.7 Å². The summed E-state index contributed by atoms with van der Waals surface area (Å²) in [5.41, 5.74) is 13.9. The number of aromatic nitrogens is 6. The molecular weight excluding hydrogens is 1540 g/mol. The lowest BCUT2D eigenvalue weighted by molar-refractivity contribution is -0.447. The molecule has 620 valence electrons. The molecule has 8 fully saturated rings. The summed E-state index contributed by atoms with van der Waals surface area (Å²) in [6.45, 7) is 2.79. The Balaban J connectivity index is 0.647. The van der Waals surface area contributed by atoms with Gasteiger partial charge < -0.3 is 79.8 Å². The molecular formula is C91H92N16O14. The van der Waals surface area contributed by atoms with Crippen molar-refractivity contribution in [2.24, 2.45) is 25.6 Å². The van der Waals surface area contributed by atoms with Crippen LogP contribution < -0.4 is 11.5 Å². The molecule has 0 aliphatic carbocycles. The van der Waals surface area contributed by atoms with Gasteiger partial charge >= 0.3 is 0 Å². The number of nitrogens with two attached hydrogens (primary N) is 2. The Bertz CT molecular complexity index is 6020. The molecule has 7 N–H and O–H groups in total. The highest BCUT2D eigenvalue weighted by molar-refractivity contribution is 6.02. The molecule has 0 spiro atoms. The maximum absolute atomic E-state index is 16.6. The van der Waals surface area contributed by atoms with E-state index in [1.807, 2.05) is 122 Å². The minimum Gasteiger partial charge on any atom is -0.376 e. The third-order valence-corrected chi connectivity index (χ3v) is 26.4. The quantitative estimate of drug-likeness (QED) is 0.0887. The summed E-state index contributed by atoms with van der Waals surface area (Å²) < 4.78 is 29.9. The summed E-state index contributed by atoms with van der Waals surface area (Å²) >= 11 is 0. The average Bonchev–Trinajstić information content (AvgIpc) is 0.891. The molecule has 11 aromatic rings. The fourth-order valence-electron chi connectivity index (χ4n) is 19.4. The lowest BCUT2D eigenvalue weighted by atomic mass is 9.48. The van der Waals surface area contributed by atoms with Crippen LogP contribution >= 0.6 is 0 Å². The molecule has 6 unspecified atom stereocenters. The number of hydrogen-bond donors (Lipinski definition) is 5. The van der Waals surface area contributed by atoms with Gasteiger partial charge in [0.2, 0.25) is 17.4 Å². The van der Waals surface area contributed by atoms with E-state index in [2.05, 4.69) is 32.5 Å². The highest BCUT2D eigenvalue weighted by atomic mass is 16.6. The number of benzene rings is 8. The first-order valence-electron chi connectivity index (χ1n) is 41.0. The number of aliphatic hydroxyl groups is 2. The summed E-state index contributed by atoms with van der Waals surface area (Å²) in [5, 5.41) is 45.0. The number of aryl methyl sites for hydroxylation is 4. The molecule has 8 saturated heterocycles. The highest BCUT2D eigenvalue weighted by Crippen LogP contribution is 2.67. The second-order valence-corrected chi connectivity index (χ2v) is 33.3. The Labute approximate surface area is 695 Å². The van der Waals surface area contributed by atoms with Crippen molar-refractivity contribution in [1.82, 2.24) is 69.0 Å². The Kier molecular flexibility index (Phi) is 19.3. The minimum absolute atomic E-state index is 0.00116. The molecule has 3 aromatic heterocycles. The van der Waals surface area contributed by atoms with Gasteiger partial charge in [0.25, 0.3) is 35.4 Å². The third kappa shape index (κ3) is 12.5. The summed E-state index contributed by atoms with van der Waals surface area (Å²) in [7, 11) is 3.81. The van der Waals surface area contributed by atoms with Gasteiger partial charge in [-0.1, -0.05) is 103 Å². The van der Waals surface area contributed by atoms with Crippen molar-refractivity contribution >= 4 is 80.0 Å². The molecule has 121 heavy (non-hydrogen) atoms. The summed E-state index contributed by atoms with van der Waals surface area (Å²) in [6, 6.07) is 55.4. The molecule has 8 aromatic carbocycles. The number of nitrogens with zero attached hydrogens (tertiary/aromatic N) is 13. The minimum atomic E-state index is -2.83. The molecule has 8 aliphatic rings. The standard InChI is InChI=1S/C91H92N16O14/c1-56-70-49-66(29-31-74(70)98(3)96-56)58-13-21-62(22-14-58)77(108)102-37-45-106(46-38-102)84(114)88(93)54-120-90(88,72-11-7-5-9-68(72)60-17-25-64(26-18-60)79(110)100-33-41-104(42-34-100)82(112)86(116)51-118-52-86)91(81-87(92,53-119-81)83(113)105-43-35-101(36-44-105)80(111)65-27-19-61(20-28-65)76-69-10-6-8-12-73(69)94-95-76)89(117,55-121-91)85(115)107-47-39-103(40-48-107)78(109)63-23-15-59(16-24-63)67-30-32-75-71(50-67)57(2)97-99(75)4/h5-32,49-50,81,116-117H,33-48,51-55,92-93H2,1-4H3,(H,94,95). The van der Waals surface area contributed by atoms with Gasteiger partial charge in [-0.2, -0.15) is 15.3 Å². The zero-order valence-electron chi connectivity index (χ0n) is 67.5. The Hall–Kier alpha value is -12.4. The van der Waals surface area contributed by atoms with Crippen LogP contribution in [0, 0.1) is 13.8 Å². The normalized spacial score (nSPS) is 24.1. The number of aromatic amines is 1. The lowest BCUT2D eigenvalue weighted by Crippen LogP contribution is -2.99. The van der Waals surface area contributed by atoms with E-state index < -0.39 is 83.0 Å². The molecule has 11 heterocycles. The van der Waals surface area contributed by atoms with Crippen LogP contribution in [-0.2, 0) is 57.8 Å². The molecule has 8 aliphatic heterocycles. The van der Waals surface area contributed by atoms with Crippen molar-refractivity contribution in [2.45, 2.75) is 53.4 Å². The van der Waals surface area contributed by atoms with Crippen molar-refractivity contribution < 1.29 is 67.5 Å². The Morgan fingerprint density at radius 2 is 0.818 bits per heavy atom. The smallest absolute Gasteiger partial charge is 0.260 e. The summed E-state index contributed by atoms with van der Waals surface area (Å²) in [6.07, 6.45) is -1.85. The van der Waals surface area contributed by atoms with E-state index in [-0.39, 0.29) is 147 Å². The number of fused-ring (bicyclic) bond motifs is 3. The van der Waals surface area contributed by atoms with Crippen molar-refractivity contribution in [3.63, 3.8) is 0 Å². The number of ether oxygens (including phenoxy) is 4. The number of rotatable bonds is 15. The fraction of sp³-hybridized carbons (Fsp3) is 0.352. The van der Waals surface area contributed by atoms with Crippen LogP contribution in [0.1, 0.15) is 58.4 Å². The zero-order valence-corrected chi connectivity index (χ0v) is 67.5. The number of carbonyl (C=O) groups excluding carboxylic acids is 8. The Morgan fingerprint density at radius 1 is 0.413 bits per heavy atom. The largest absolute Gasteiger partial charge is 0.376 e. The van der Waals surface area contributed by atoms with E-state index in [0.717, 1.165) is 77.6 Å². The van der Waals surface area contributed by atoms with Crippen molar-refractivity contribution in [3.8, 4) is 44.6 Å². The van der Waals surface area contributed by atoms with Crippen molar-refractivity contribution in [3.05, 3.63) is 221 Å². The van der Waals surface area contributed by atoms with Crippen LogP contribution in [0.5, 0.6) is 0 Å². The first-order valence-corrected chi connectivity index (χ1v) is 41.0. The number of hydrogen-bond acceptors (Lipinski definition) is 19. The number of piperazine rings is 4. The monoisotopic (exact) mass is 1630 g/mol. The molecule has 0 saturated carbocycles. The summed E-state index contributed by atoms with van der Waals surface area (Å²) in [4.78, 5) is 133. The topological polar surface area (TPSA) is 356 Å². The average molecular weight is 1630 g/mol. The van der Waals surface area contributed by atoms with E-state index in [9.17, 15) is 34.2 Å². The number of para-hydroxylation sites is 1. The maximum Gasteiger partial charge on any atom is 0.260 e. The van der Waals surface area contributed by atoms with E-state index in [0.29, 0.717) is 33.4 Å². The van der Waals surface area contributed by atoms with Crippen LogP contribution in [0.2, 0.25) is 0 Å². The van der Waals surface area contributed by atoms with Gasteiger partial charge in [-0.15, -0.1) is 0 Å². The Morgan fingerprint density at radius 3 is 1.24 bits per heavy atom. The maximum atomic E-state index is 16.6. The molecule has 0 radical (unpaired) electrons. The second-order valence-electron chi connectivity index (χ2n) is 33.3. The van der Waals surface area contributed by atoms with Crippen LogP contribution in [0.4, 0.5) is 0 Å².